The van der Waals surface area contributed by atoms with Crippen molar-refractivity contribution in [2.45, 2.75) is 105 Å². The number of benzene rings is 2. The first-order chi connectivity index (χ1) is 19.3. The standard InChI is InChI=1S/C33H49N3O5/c1-9-10-11-12-13-17-36(31(39)27(21-37)34-32(40)41-33(6,7)8)29(26-19-22(2)18-23(3)20-26)30(38)35-28-24(4)15-14-16-25(28)5/h14-16,18-20,27,29,37H,9-13,17,21H2,1-8H3,(H,34,40)(H,35,38). The van der Waals surface area contributed by atoms with Crippen LogP contribution in [0.2, 0.25) is 0 Å². The highest BCUT2D eigenvalue weighted by molar-refractivity contribution is 6.00. The van der Waals surface area contributed by atoms with E-state index < -0.39 is 36.3 Å². The Morgan fingerprint density at radius 2 is 1.51 bits per heavy atom. The van der Waals surface area contributed by atoms with E-state index in [0.29, 0.717) is 17.7 Å². The molecular formula is C33H49N3O5. The summed E-state index contributed by atoms with van der Waals surface area (Å²) in [5.74, 6) is -0.905. The van der Waals surface area contributed by atoms with Gasteiger partial charge in [-0.2, -0.15) is 0 Å². The van der Waals surface area contributed by atoms with E-state index in [0.717, 1.165) is 47.9 Å². The fraction of sp³-hybridized carbons (Fsp3) is 0.545. The molecule has 2 rings (SSSR count). The monoisotopic (exact) mass is 567 g/mol. The maximum atomic E-state index is 14.2. The van der Waals surface area contributed by atoms with Crippen LogP contribution in [0.3, 0.4) is 0 Å². The molecule has 0 saturated carbocycles. The first-order valence-corrected chi connectivity index (χ1v) is 14.6. The number of hydrogen-bond donors (Lipinski definition) is 3. The lowest BCUT2D eigenvalue weighted by Gasteiger charge is -2.34. The van der Waals surface area contributed by atoms with Gasteiger partial charge in [-0.3, -0.25) is 9.59 Å². The molecule has 0 aliphatic heterocycles. The Morgan fingerprint density at radius 3 is 2.05 bits per heavy atom. The van der Waals surface area contributed by atoms with Gasteiger partial charge in [0, 0.05) is 12.2 Å². The molecule has 3 N–H and O–H groups in total. The van der Waals surface area contributed by atoms with Crippen LogP contribution in [0.4, 0.5) is 10.5 Å². The number of unbranched alkanes of at least 4 members (excludes halogenated alkanes) is 4. The summed E-state index contributed by atoms with van der Waals surface area (Å²) in [7, 11) is 0. The Balaban J connectivity index is 2.56. The van der Waals surface area contributed by atoms with Gasteiger partial charge in [0.2, 0.25) is 5.91 Å². The lowest BCUT2D eigenvalue weighted by molar-refractivity contribution is -0.141. The molecule has 41 heavy (non-hydrogen) atoms. The van der Waals surface area contributed by atoms with E-state index in [-0.39, 0.29) is 12.5 Å². The zero-order valence-electron chi connectivity index (χ0n) is 26.1. The molecule has 8 heteroatoms. The average Bonchev–Trinajstić information content (AvgIpc) is 2.86. The molecule has 0 heterocycles. The molecule has 2 unspecified atom stereocenters. The molecule has 3 amide bonds. The van der Waals surface area contributed by atoms with E-state index in [2.05, 4.69) is 17.6 Å². The summed E-state index contributed by atoms with van der Waals surface area (Å²) in [6.07, 6.45) is 3.93. The minimum atomic E-state index is -1.28. The van der Waals surface area contributed by atoms with E-state index in [1.165, 1.54) is 4.90 Å². The fourth-order valence-corrected chi connectivity index (χ4v) is 4.93. The first-order valence-electron chi connectivity index (χ1n) is 14.6. The molecule has 0 radical (unpaired) electrons. The number of alkyl carbamates (subject to hydrolysis) is 1. The number of amides is 3. The molecule has 226 valence electrons. The number of carbonyl (C=O) groups is 3. The quantitative estimate of drug-likeness (QED) is 0.247. The predicted octanol–water partition coefficient (Wildman–Crippen LogP) is 6.28. The van der Waals surface area contributed by atoms with Crippen LogP contribution < -0.4 is 10.6 Å². The second-order valence-corrected chi connectivity index (χ2v) is 11.9. The Labute approximate surface area is 245 Å². The van der Waals surface area contributed by atoms with E-state index >= 15 is 0 Å². The summed E-state index contributed by atoms with van der Waals surface area (Å²) >= 11 is 0. The maximum absolute atomic E-state index is 14.2. The molecule has 8 nitrogen and oxygen atoms in total. The van der Waals surface area contributed by atoms with Crippen LogP contribution in [0.5, 0.6) is 0 Å². The molecule has 0 aromatic heterocycles. The van der Waals surface area contributed by atoms with Gasteiger partial charge in [-0.1, -0.05) is 80.1 Å². The molecule has 0 aliphatic rings. The molecule has 2 atom stereocenters. The van der Waals surface area contributed by atoms with Crippen LogP contribution in [-0.4, -0.2) is 52.7 Å². The van der Waals surface area contributed by atoms with Crippen molar-refractivity contribution in [3.8, 4) is 0 Å². The van der Waals surface area contributed by atoms with Gasteiger partial charge in [0.15, 0.2) is 0 Å². The van der Waals surface area contributed by atoms with Gasteiger partial charge in [-0.25, -0.2) is 4.79 Å². The highest BCUT2D eigenvalue weighted by Gasteiger charge is 2.36. The van der Waals surface area contributed by atoms with Crippen LogP contribution >= 0.6 is 0 Å². The van der Waals surface area contributed by atoms with Crippen LogP contribution in [0.1, 0.15) is 93.7 Å². The number of aryl methyl sites for hydroxylation is 4. The van der Waals surface area contributed by atoms with Gasteiger partial charge < -0.3 is 25.4 Å². The number of nitrogens with zero attached hydrogens (tertiary/aromatic N) is 1. The Morgan fingerprint density at radius 1 is 0.927 bits per heavy atom. The van der Waals surface area contributed by atoms with Crippen LogP contribution in [0.25, 0.3) is 0 Å². The normalized spacial score (nSPS) is 12.8. The van der Waals surface area contributed by atoms with Crippen LogP contribution in [0.15, 0.2) is 36.4 Å². The molecule has 0 spiro atoms. The number of nitrogens with one attached hydrogen (secondary N) is 2. The third-order valence-corrected chi connectivity index (χ3v) is 6.81. The minimum absolute atomic E-state index is 0.285. The highest BCUT2D eigenvalue weighted by Crippen LogP contribution is 2.29. The van der Waals surface area contributed by atoms with Gasteiger partial charge in [0.25, 0.3) is 5.91 Å². The van der Waals surface area contributed by atoms with Crippen molar-refractivity contribution in [2.75, 3.05) is 18.5 Å². The van der Waals surface area contributed by atoms with Gasteiger partial charge >= 0.3 is 6.09 Å². The van der Waals surface area contributed by atoms with Gasteiger partial charge in [-0.15, -0.1) is 0 Å². The molecule has 0 saturated heterocycles. The smallest absolute Gasteiger partial charge is 0.408 e. The van der Waals surface area contributed by atoms with Crippen molar-refractivity contribution in [3.63, 3.8) is 0 Å². The molecular weight excluding hydrogens is 518 g/mol. The molecule has 2 aromatic rings. The molecule has 0 fully saturated rings. The van der Waals surface area contributed by atoms with E-state index in [1.54, 1.807) is 20.8 Å². The summed E-state index contributed by atoms with van der Waals surface area (Å²) in [5, 5.41) is 15.8. The average molecular weight is 568 g/mol. The Kier molecular flexibility index (Phi) is 12.8. The zero-order valence-corrected chi connectivity index (χ0v) is 26.1. The lowest BCUT2D eigenvalue weighted by Crippen LogP contribution is -2.54. The van der Waals surface area contributed by atoms with Crippen molar-refractivity contribution < 1.29 is 24.2 Å². The summed E-state index contributed by atoms with van der Waals surface area (Å²) < 4.78 is 5.34. The summed E-state index contributed by atoms with van der Waals surface area (Å²) in [6, 6.07) is 9.37. The van der Waals surface area contributed by atoms with Gasteiger partial charge in [0.05, 0.1) is 6.61 Å². The third-order valence-electron chi connectivity index (χ3n) is 6.81. The minimum Gasteiger partial charge on any atom is -0.444 e. The SMILES string of the molecule is CCCCCCCN(C(=O)C(CO)NC(=O)OC(C)(C)C)C(C(=O)Nc1c(C)cccc1C)c1cc(C)cc(C)c1. The van der Waals surface area contributed by atoms with E-state index in [4.69, 9.17) is 4.74 Å². The topological polar surface area (TPSA) is 108 Å². The number of ether oxygens (including phenoxy) is 1. The van der Waals surface area contributed by atoms with Crippen molar-refractivity contribution in [2.24, 2.45) is 0 Å². The van der Waals surface area contributed by atoms with Crippen LogP contribution in [-0.2, 0) is 14.3 Å². The molecule has 0 aliphatic carbocycles. The summed E-state index contributed by atoms with van der Waals surface area (Å²) in [4.78, 5) is 42.3. The third kappa shape index (κ3) is 10.5. The second kappa shape index (κ2) is 15.6. The van der Waals surface area contributed by atoms with E-state index in [9.17, 15) is 19.5 Å². The summed E-state index contributed by atoms with van der Waals surface area (Å²) in [6.45, 7) is 14.7. The largest absolute Gasteiger partial charge is 0.444 e. The molecule has 2 aromatic carbocycles. The second-order valence-electron chi connectivity index (χ2n) is 11.9. The Hall–Kier alpha value is -3.39. The lowest BCUT2D eigenvalue weighted by atomic mass is 9.97. The van der Waals surface area contributed by atoms with E-state index in [1.807, 2.05) is 64.1 Å². The number of hydrogen-bond acceptors (Lipinski definition) is 5. The fourth-order valence-electron chi connectivity index (χ4n) is 4.93. The molecule has 0 bridgehead atoms. The predicted molar refractivity (Wildman–Crippen MR) is 164 cm³/mol. The Bertz CT molecular complexity index is 1150. The highest BCUT2D eigenvalue weighted by atomic mass is 16.6. The number of anilines is 1. The summed E-state index contributed by atoms with van der Waals surface area (Å²) in [5.41, 5.74) is 4.34. The van der Waals surface area contributed by atoms with Crippen molar-refractivity contribution in [3.05, 3.63) is 64.2 Å². The van der Waals surface area contributed by atoms with Crippen LogP contribution in [0, 0.1) is 27.7 Å². The number of aliphatic hydroxyl groups is 1. The number of para-hydroxylation sites is 1. The first kappa shape index (κ1) is 33.8. The zero-order chi connectivity index (χ0) is 30.7. The van der Waals surface area contributed by atoms with Gasteiger partial charge in [-0.05, 0) is 71.6 Å². The van der Waals surface area contributed by atoms with Crippen molar-refractivity contribution in [1.82, 2.24) is 10.2 Å². The van der Waals surface area contributed by atoms with Crippen molar-refractivity contribution >= 4 is 23.6 Å². The van der Waals surface area contributed by atoms with Gasteiger partial charge in [0.1, 0.15) is 17.7 Å². The maximum Gasteiger partial charge on any atom is 0.408 e. The van der Waals surface area contributed by atoms with Crippen molar-refractivity contribution in [1.29, 1.82) is 0 Å². The number of aliphatic hydroxyl groups excluding tert-OH is 1. The number of rotatable bonds is 13. The number of carbonyl (C=O) groups excluding carboxylic acids is 3.